The first-order valence-electron chi connectivity index (χ1n) is 9.66. The standard InChI is InChI=1S/C22H21N3O5/c1-30-16-6-4-5-15(13-16)20(27)24-11-9-23(10-12-24)19(26)14-25-21(28)17-7-2-3-8-18(17)22(25)29/h2-8,13H,9-12,14H2,1H3. The van der Waals surface area contributed by atoms with E-state index in [0.717, 1.165) is 4.90 Å². The quantitative estimate of drug-likeness (QED) is 0.713. The van der Waals surface area contributed by atoms with E-state index in [1.165, 1.54) is 0 Å². The van der Waals surface area contributed by atoms with Gasteiger partial charge in [0.25, 0.3) is 17.7 Å². The summed E-state index contributed by atoms with van der Waals surface area (Å²) in [5.74, 6) is -0.721. The Kier molecular flexibility index (Phi) is 5.22. The Morgan fingerprint density at radius 2 is 1.47 bits per heavy atom. The van der Waals surface area contributed by atoms with Crippen LogP contribution in [0.2, 0.25) is 0 Å². The Morgan fingerprint density at radius 3 is 2.07 bits per heavy atom. The predicted molar refractivity (Wildman–Crippen MR) is 107 cm³/mol. The van der Waals surface area contributed by atoms with Crippen LogP contribution in [-0.4, -0.2) is 78.2 Å². The van der Waals surface area contributed by atoms with E-state index in [9.17, 15) is 19.2 Å². The van der Waals surface area contributed by atoms with Gasteiger partial charge in [-0.05, 0) is 30.3 Å². The lowest BCUT2D eigenvalue weighted by atomic mass is 10.1. The third-order valence-corrected chi connectivity index (χ3v) is 5.41. The van der Waals surface area contributed by atoms with E-state index in [-0.39, 0.29) is 18.4 Å². The van der Waals surface area contributed by atoms with Gasteiger partial charge in [0.15, 0.2) is 0 Å². The second-order valence-corrected chi connectivity index (χ2v) is 7.15. The highest BCUT2D eigenvalue weighted by molar-refractivity contribution is 6.22. The third kappa shape index (κ3) is 3.52. The molecule has 2 aliphatic heterocycles. The number of amides is 4. The molecule has 0 saturated carbocycles. The number of nitrogens with zero attached hydrogens (tertiary/aromatic N) is 3. The van der Waals surface area contributed by atoms with Gasteiger partial charge in [-0.1, -0.05) is 18.2 Å². The lowest BCUT2D eigenvalue weighted by Gasteiger charge is -2.35. The molecule has 0 atom stereocenters. The number of benzene rings is 2. The van der Waals surface area contributed by atoms with Gasteiger partial charge in [-0.15, -0.1) is 0 Å². The van der Waals surface area contributed by atoms with E-state index in [1.807, 2.05) is 0 Å². The van der Waals surface area contributed by atoms with E-state index in [0.29, 0.717) is 48.6 Å². The van der Waals surface area contributed by atoms with Crippen molar-refractivity contribution in [2.45, 2.75) is 0 Å². The number of ether oxygens (including phenoxy) is 1. The van der Waals surface area contributed by atoms with Crippen molar-refractivity contribution in [2.24, 2.45) is 0 Å². The molecule has 0 aliphatic carbocycles. The maximum atomic E-state index is 12.7. The Labute approximate surface area is 173 Å². The van der Waals surface area contributed by atoms with Crippen LogP contribution in [0.25, 0.3) is 0 Å². The van der Waals surface area contributed by atoms with Gasteiger partial charge >= 0.3 is 0 Å². The van der Waals surface area contributed by atoms with Gasteiger partial charge in [0.1, 0.15) is 12.3 Å². The molecule has 30 heavy (non-hydrogen) atoms. The molecule has 1 saturated heterocycles. The summed E-state index contributed by atoms with van der Waals surface area (Å²) in [6.07, 6.45) is 0. The van der Waals surface area contributed by atoms with Crippen LogP contribution in [0.4, 0.5) is 0 Å². The summed E-state index contributed by atoms with van der Waals surface area (Å²) in [6.45, 7) is 1.15. The van der Waals surface area contributed by atoms with Gasteiger partial charge in [0, 0.05) is 31.7 Å². The summed E-state index contributed by atoms with van der Waals surface area (Å²) >= 11 is 0. The third-order valence-electron chi connectivity index (χ3n) is 5.41. The molecule has 4 rings (SSSR count). The van der Waals surface area contributed by atoms with Gasteiger partial charge in [0.2, 0.25) is 5.91 Å². The van der Waals surface area contributed by atoms with Gasteiger partial charge in [-0.2, -0.15) is 0 Å². The fourth-order valence-corrected chi connectivity index (χ4v) is 3.72. The maximum Gasteiger partial charge on any atom is 0.262 e. The van der Waals surface area contributed by atoms with E-state index < -0.39 is 11.8 Å². The number of piperazine rings is 1. The molecule has 0 bridgehead atoms. The first-order valence-corrected chi connectivity index (χ1v) is 9.66. The number of hydrogen-bond acceptors (Lipinski definition) is 5. The second kappa shape index (κ2) is 7.98. The van der Waals surface area contributed by atoms with Crippen LogP contribution in [0.5, 0.6) is 5.75 Å². The Morgan fingerprint density at radius 1 is 0.867 bits per heavy atom. The normalized spacial score (nSPS) is 16.0. The monoisotopic (exact) mass is 407 g/mol. The Balaban J connectivity index is 1.35. The minimum Gasteiger partial charge on any atom is -0.497 e. The summed E-state index contributed by atoms with van der Waals surface area (Å²) < 4.78 is 5.16. The Bertz CT molecular complexity index is 992. The average Bonchev–Trinajstić information content (AvgIpc) is 3.03. The second-order valence-electron chi connectivity index (χ2n) is 7.15. The molecule has 0 N–H and O–H groups in total. The van der Waals surface area contributed by atoms with Crippen LogP contribution in [-0.2, 0) is 4.79 Å². The van der Waals surface area contributed by atoms with E-state index in [1.54, 1.807) is 65.4 Å². The number of imide groups is 1. The zero-order valence-electron chi connectivity index (χ0n) is 16.5. The molecule has 0 spiro atoms. The van der Waals surface area contributed by atoms with E-state index in [4.69, 9.17) is 4.74 Å². The fourth-order valence-electron chi connectivity index (χ4n) is 3.72. The van der Waals surface area contributed by atoms with Crippen molar-refractivity contribution in [1.82, 2.24) is 14.7 Å². The average molecular weight is 407 g/mol. The molecule has 2 aromatic carbocycles. The molecule has 0 aromatic heterocycles. The summed E-state index contributed by atoms with van der Waals surface area (Å²) in [5.41, 5.74) is 1.17. The number of fused-ring (bicyclic) bond motifs is 1. The van der Waals surface area contributed by atoms with Crippen molar-refractivity contribution in [3.05, 3.63) is 65.2 Å². The lowest BCUT2D eigenvalue weighted by Crippen LogP contribution is -2.53. The molecule has 2 heterocycles. The summed E-state index contributed by atoms with van der Waals surface area (Å²) in [7, 11) is 1.54. The zero-order chi connectivity index (χ0) is 21.3. The first-order chi connectivity index (χ1) is 14.5. The smallest absolute Gasteiger partial charge is 0.262 e. The number of carbonyl (C=O) groups excluding carboxylic acids is 4. The summed E-state index contributed by atoms with van der Waals surface area (Å²) in [4.78, 5) is 54.5. The van der Waals surface area contributed by atoms with Gasteiger partial charge < -0.3 is 14.5 Å². The highest BCUT2D eigenvalue weighted by Gasteiger charge is 2.37. The van der Waals surface area contributed by atoms with Crippen molar-refractivity contribution in [3.63, 3.8) is 0 Å². The fraction of sp³-hybridized carbons (Fsp3) is 0.273. The van der Waals surface area contributed by atoms with Crippen LogP contribution in [0.1, 0.15) is 31.1 Å². The largest absolute Gasteiger partial charge is 0.497 e. The van der Waals surface area contributed by atoms with Crippen LogP contribution in [0, 0.1) is 0 Å². The van der Waals surface area contributed by atoms with E-state index >= 15 is 0 Å². The summed E-state index contributed by atoms with van der Waals surface area (Å²) in [6, 6.07) is 13.5. The minimum atomic E-state index is -0.448. The molecule has 0 radical (unpaired) electrons. The highest BCUT2D eigenvalue weighted by atomic mass is 16.5. The van der Waals surface area contributed by atoms with Gasteiger partial charge in [-0.3, -0.25) is 24.1 Å². The molecule has 1 fully saturated rings. The van der Waals surface area contributed by atoms with Crippen molar-refractivity contribution >= 4 is 23.6 Å². The minimum absolute atomic E-state index is 0.124. The van der Waals surface area contributed by atoms with Crippen molar-refractivity contribution in [1.29, 1.82) is 0 Å². The highest BCUT2D eigenvalue weighted by Crippen LogP contribution is 2.22. The maximum absolute atomic E-state index is 12.7. The topological polar surface area (TPSA) is 87.2 Å². The molecule has 8 nitrogen and oxygen atoms in total. The molecular weight excluding hydrogens is 386 g/mol. The Hall–Kier alpha value is -3.68. The lowest BCUT2D eigenvalue weighted by molar-refractivity contribution is -0.132. The number of hydrogen-bond donors (Lipinski definition) is 0. The predicted octanol–water partition coefficient (Wildman–Crippen LogP) is 1.28. The zero-order valence-corrected chi connectivity index (χ0v) is 16.5. The van der Waals surface area contributed by atoms with Crippen LogP contribution in [0.15, 0.2) is 48.5 Å². The molecular formula is C22H21N3O5. The SMILES string of the molecule is COc1cccc(C(=O)N2CCN(C(=O)CN3C(=O)c4ccccc4C3=O)CC2)c1. The summed E-state index contributed by atoms with van der Waals surface area (Å²) in [5, 5.41) is 0. The molecule has 0 unspecified atom stereocenters. The first kappa shape index (κ1) is 19.6. The molecule has 154 valence electrons. The van der Waals surface area contributed by atoms with Gasteiger partial charge in [-0.25, -0.2) is 0 Å². The van der Waals surface area contributed by atoms with Crippen molar-refractivity contribution in [3.8, 4) is 5.75 Å². The van der Waals surface area contributed by atoms with Crippen LogP contribution in [0.3, 0.4) is 0 Å². The van der Waals surface area contributed by atoms with Gasteiger partial charge in [0.05, 0.1) is 18.2 Å². The molecule has 4 amide bonds. The number of rotatable bonds is 4. The molecule has 2 aromatic rings. The van der Waals surface area contributed by atoms with Crippen molar-refractivity contribution < 1.29 is 23.9 Å². The molecule has 8 heteroatoms. The number of methoxy groups -OCH3 is 1. The van der Waals surface area contributed by atoms with Crippen molar-refractivity contribution in [2.75, 3.05) is 39.8 Å². The number of carbonyl (C=O) groups is 4. The van der Waals surface area contributed by atoms with E-state index in [2.05, 4.69) is 0 Å². The molecule has 2 aliphatic rings. The van der Waals surface area contributed by atoms with Crippen LogP contribution >= 0.6 is 0 Å². The van der Waals surface area contributed by atoms with Crippen LogP contribution < -0.4 is 4.74 Å².